The second-order valence-corrected chi connectivity index (χ2v) is 10.2. The van der Waals surface area contributed by atoms with E-state index < -0.39 is 83.5 Å². The smallest absolute Gasteiger partial charge is 0.416 e. The number of anilines is 2. The van der Waals surface area contributed by atoms with Crippen LogP contribution in [0.5, 0.6) is 5.88 Å². The number of pyridine rings is 1. The van der Waals surface area contributed by atoms with E-state index in [1.165, 1.54) is 12.1 Å². The fraction of sp³-hybridized carbons (Fsp3) is 0.391. The van der Waals surface area contributed by atoms with E-state index in [0.29, 0.717) is 12.1 Å². The average Bonchev–Trinajstić information content (AvgIpc) is 3.39. The Morgan fingerprint density at radius 3 is 2.54 bits per heavy atom. The van der Waals surface area contributed by atoms with E-state index in [-0.39, 0.29) is 21.3 Å². The lowest BCUT2D eigenvalue weighted by Gasteiger charge is -2.35. The van der Waals surface area contributed by atoms with Crippen molar-refractivity contribution in [3.8, 4) is 5.88 Å². The van der Waals surface area contributed by atoms with Gasteiger partial charge in [0.2, 0.25) is 11.8 Å². The molecule has 4 atom stereocenters. The zero-order valence-electron chi connectivity index (χ0n) is 19.6. The van der Waals surface area contributed by atoms with Crippen LogP contribution in [0.1, 0.15) is 17.5 Å². The molecular weight excluding hydrogens is 578 g/mol. The van der Waals surface area contributed by atoms with E-state index >= 15 is 0 Å². The number of nitrogens with one attached hydrogen (secondary N) is 2. The molecule has 0 radical (unpaired) electrons. The Hall–Kier alpha value is -3.23. The fourth-order valence-corrected chi connectivity index (χ4v) is 6.39. The molecule has 9 nitrogen and oxygen atoms in total. The monoisotopic (exact) mass is 594 g/mol. The minimum atomic E-state index is -4.86. The summed E-state index contributed by atoms with van der Waals surface area (Å²) in [5.74, 6) is -12.3. The lowest BCUT2D eigenvalue weighted by molar-refractivity contribution is -0.153. The third-order valence-electron chi connectivity index (χ3n) is 7.20. The molecule has 0 bridgehead atoms. The normalized spacial score (nSPS) is 27.3. The summed E-state index contributed by atoms with van der Waals surface area (Å²) in [6, 6.07) is 2.04. The van der Waals surface area contributed by atoms with Gasteiger partial charge < -0.3 is 20.5 Å². The molecule has 1 spiro atoms. The Kier molecular flexibility index (Phi) is 6.24. The zero-order valence-corrected chi connectivity index (χ0v) is 21.1. The average molecular weight is 595 g/mol. The van der Waals surface area contributed by atoms with Gasteiger partial charge in [-0.3, -0.25) is 19.3 Å². The standard InChI is InChI=1S/C23H17Cl2F5N4O5/c1-39-14-3-8(23(28,29)30)2-13(31-14)32-18(35)15-12-6-21(26,27)7-34(12)22(16(15)19(36)37)10-4-9(24)5-11(25)17(10)33-20(22)38/h2-5,12,15-16H,6-7H2,1H3,(H,33,38)(H,36,37)(H,31,32,35). The predicted molar refractivity (Wildman–Crippen MR) is 126 cm³/mol. The number of benzene rings is 1. The first-order valence-electron chi connectivity index (χ1n) is 11.2. The first-order valence-corrected chi connectivity index (χ1v) is 12.0. The molecule has 208 valence electrons. The molecule has 4 heterocycles. The number of carbonyl (C=O) groups excluding carboxylic acids is 2. The number of halogens is 7. The summed E-state index contributed by atoms with van der Waals surface area (Å²) in [4.78, 5) is 44.5. The molecule has 3 aliphatic heterocycles. The molecule has 2 amide bonds. The van der Waals surface area contributed by atoms with Crippen LogP contribution in [-0.4, -0.2) is 58.4 Å². The van der Waals surface area contributed by atoms with Crippen LogP contribution in [0.3, 0.4) is 0 Å². The molecule has 2 aromatic rings. The van der Waals surface area contributed by atoms with Crippen molar-refractivity contribution in [1.29, 1.82) is 0 Å². The van der Waals surface area contributed by atoms with E-state index in [1.807, 2.05) is 0 Å². The Morgan fingerprint density at radius 1 is 1.23 bits per heavy atom. The van der Waals surface area contributed by atoms with Crippen molar-refractivity contribution in [1.82, 2.24) is 9.88 Å². The number of hydrogen-bond donors (Lipinski definition) is 3. The van der Waals surface area contributed by atoms with Gasteiger partial charge in [-0.25, -0.2) is 8.78 Å². The van der Waals surface area contributed by atoms with Crippen molar-refractivity contribution in [2.24, 2.45) is 11.8 Å². The summed E-state index contributed by atoms with van der Waals surface area (Å²) in [6.45, 7) is -1.07. The van der Waals surface area contributed by atoms with Crippen molar-refractivity contribution in [3.05, 3.63) is 45.4 Å². The Labute approximate surface area is 226 Å². The highest BCUT2D eigenvalue weighted by Gasteiger charge is 2.74. The summed E-state index contributed by atoms with van der Waals surface area (Å²) in [7, 11) is 1.04. The van der Waals surface area contributed by atoms with E-state index in [4.69, 9.17) is 27.9 Å². The number of carboxylic acids is 1. The number of rotatable bonds is 4. The number of carboxylic acid groups (broad SMARTS) is 1. The Balaban J connectivity index is 1.65. The van der Waals surface area contributed by atoms with Crippen LogP contribution in [0.4, 0.5) is 33.5 Å². The van der Waals surface area contributed by atoms with Crippen molar-refractivity contribution in [3.63, 3.8) is 0 Å². The minimum Gasteiger partial charge on any atom is -0.481 e. The number of hydrogen-bond acceptors (Lipinski definition) is 6. The van der Waals surface area contributed by atoms with Crippen molar-refractivity contribution in [2.75, 3.05) is 24.3 Å². The molecule has 5 rings (SSSR count). The van der Waals surface area contributed by atoms with Crippen LogP contribution in [0.25, 0.3) is 0 Å². The number of ether oxygens (including phenoxy) is 1. The molecule has 0 aliphatic carbocycles. The van der Waals surface area contributed by atoms with E-state index in [0.717, 1.165) is 12.0 Å². The molecule has 1 aromatic carbocycles. The van der Waals surface area contributed by atoms with Crippen LogP contribution in [0.2, 0.25) is 10.0 Å². The number of aromatic nitrogens is 1. The molecule has 1 aromatic heterocycles. The van der Waals surface area contributed by atoms with Gasteiger partial charge in [-0.2, -0.15) is 18.2 Å². The van der Waals surface area contributed by atoms with Crippen LogP contribution in [-0.2, 0) is 26.1 Å². The number of nitrogens with zero attached hydrogens (tertiary/aromatic N) is 2. The van der Waals surface area contributed by atoms with E-state index in [1.54, 1.807) is 0 Å². The highest BCUT2D eigenvalue weighted by Crippen LogP contribution is 2.61. The summed E-state index contributed by atoms with van der Waals surface area (Å²) in [5, 5.41) is 14.7. The maximum Gasteiger partial charge on any atom is 0.416 e. The van der Waals surface area contributed by atoms with Gasteiger partial charge in [0.05, 0.1) is 35.8 Å². The van der Waals surface area contributed by atoms with Crippen molar-refractivity contribution in [2.45, 2.75) is 30.1 Å². The van der Waals surface area contributed by atoms with Gasteiger partial charge in [-0.1, -0.05) is 23.2 Å². The van der Waals surface area contributed by atoms with Crippen LogP contribution >= 0.6 is 23.2 Å². The van der Waals surface area contributed by atoms with Gasteiger partial charge >= 0.3 is 12.1 Å². The summed E-state index contributed by atoms with van der Waals surface area (Å²) < 4.78 is 74.4. The summed E-state index contributed by atoms with van der Waals surface area (Å²) in [6.07, 6.45) is -5.85. The topological polar surface area (TPSA) is 121 Å². The van der Waals surface area contributed by atoms with Crippen LogP contribution < -0.4 is 15.4 Å². The molecule has 0 saturated carbocycles. The summed E-state index contributed by atoms with van der Waals surface area (Å²) in [5.41, 5.74) is -3.70. The van der Waals surface area contributed by atoms with Gasteiger partial charge in [0.15, 0.2) is 0 Å². The SMILES string of the molecule is COc1cc(C(F)(F)F)cc(NC(=O)C2C3CC(F)(F)CN3C3(C(=O)Nc4c(Cl)cc(Cl)cc43)C2C(=O)O)n1. The molecule has 2 saturated heterocycles. The molecule has 3 N–H and O–H groups in total. The Bertz CT molecular complexity index is 1420. The number of methoxy groups -OCH3 is 1. The minimum absolute atomic E-state index is 0.0190. The molecule has 4 unspecified atom stereocenters. The summed E-state index contributed by atoms with van der Waals surface area (Å²) >= 11 is 12.3. The van der Waals surface area contributed by atoms with Gasteiger partial charge in [0.1, 0.15) is 17.3 Å². The molecule has 3 aliphatic rings. The van der Waals surface area contributed by atoms with Crippen LogP contribution in [0, 0.1) is 11.8 Å². The first-order chi connectivity index (χ1) is 18.1. The maximum absolute atomic E-state index is 14.8. The zero-order chi connectivity index (χ0) is 28.7. The quantitative estimate of drug-likeness (QED) is 0.453. The molecular formula is C23H17Cl2F5N4O5. The fourth-order valence-electron chi connectivity index (χ4n) is 5.85. The lowest BCUT2D eigenvalue weighted by atomic mass is 9.73. The molecule has 39 heavy (non-hydrogen) atoms. The number of fused-ring (bicyclic) bond motifs is 4. The highest BCUT2D eigenvalue weighted by atomic mass is 35.5. The largest absolute Gasteiger partial charge is 0.481 e. The molecule has 2 fully saturated rings. The maximum atomic E-state index is 14.8. The van der Waals surface area contributed by atoms with E-state index in [2.05, 4.69) is 15.6 Å². The van der Waals surface area contributed by atoms with Gasteiger partial charge in [0.25, 0.3) is 11.8 Å². The van der Waals surface area contributed by atoms with Crippen molar-refractivity contribution < 1.29 is 46.2 Å². The van der Waals surface area contributed by atoms with E-state index in [9.17, 15) is 41.4 Å². The van der Waals surface area contributed by atoms with Crippen molar-refractivity contribution >= 4 is 52.5 Å². The number of alkyl halides is 5. The predicted octanol–water partition coefficient (Wildman–Crippen LogP) is 4.24. The Morgan fingerprint density at radius 2 is 1.92 bits per heavy atom. The highest BCUT2D eigenvalue weighted by molar-refractivity contribution is 6.38. The number of amides is 2. The third kappa shape index (κ3) is 4.16. The third-order valence-corrected chi connectivity index (χ3v) is 7.71. The number of aliphatic carboxylic acids is 1. The second-order valence-electron chi connectivity index (χ2n) is 9.40. The van der Waals surface area contributed by atoms with Gasteiger partial charge in [-0.05, 0) is 18.2 Å². The first kappa shape index (κ1) is 27.3. The van der Waals surface area contributed by atoms with Gasteiger partial charge in [0, 0.05) is 29.1 Å². The number of carbonyl (C=O) groups is 3. The lowest BCUT2D eigenvalue weighted by Crippen LogP contribution is -2.54. The van der Waals surface area contributed by atoms with Crippen LogP contribution in [0.15, 0.2) is 24.3 Å². The molecule has 16 heteroatoms. The van der Waals surface area contributed by atoms with Gasteiger partial charge in [-0.15, -0.1) is 0 Å². The second kappa shape index (κ2) is 8.89.